The second-order valence-electron chi connectivity index (χ2n) is 4.96. The smallest absolute Gasteiger partial charge is 0.196 e. The number of nitrogens with two attached hydrogens (primary N) is 1. The molecular weight excluding hydrogens is 336 g/mol. The Morgan fingerprint density at radius 1 is 1.20 bits per heavy atom. The van der Waals surface area contributed by atoms with Crippen LogP contribution in [0.25, 0.3) is 0 Å². The Morgan fingerprint density at radius 2 is 2.10 bits per heavy atom. The molecule has 0 saturated carbocycles. The van der Waals surface area contributed by atoms with Crippen LogP contribution in [0.5, 0.6) is 0 Å². The van der Waals surface area contributed by atoms with Gasteiger partial charge in [0.25, 0.3) is 0 Å². The monoisotopic (exact) mass is 352 g/mol. The highest BCUT2D eigenvalue weighted by Crippen LogP contribution is 2.31. The highest BCUT2D eigenvalue weighted by molar-refractivity contribution is 9.10. The first-order chi connectivity index (χ1) is 9.76. The van der Waals surface area contributed by atoms with Crippen LogP contribution in [0, 0.1) is 0 Å². The van der Waals surface area contributed by atoms with Gasteiger partial charge >= 0.3 is 0 Å². The number of aryl methyl sites for hydroxylation is 1. The van der Waals surface area contributed by atoms with Gasteiger partial charge in [0, 0.05) is 28.9 Å². The van der Waals surface area contributed by atoms with Crippen molar-refractivity contribution in [1.82, 2.24) is 14.8 Å². The zero-order chi connectivity index (χ0) is 13.9. The minimum Gasteiger partial charge on any atom is -0.326 e. The van der Waals surface area contributed by atoms with Crippen LogP contribution >= 0.6 is 27.7 Å². The quantitative estimate of drug-likeness (QED) is 0.919. The molecule has 1 aliphatic heterocycles. The van der Waals surface area contributed by atoms with E-state index in [1.807, 2.05) is 6.07 Å². The van der Waals surface area contributed by atoms with Crippen molar-refractivity contribution >= 4 is 27.7 Å². The van der Waals surface area contributed by atoms with Crippen LogP contribution in [0.3, 0.4) is 0 Å². The second-order valence-corrected chi connectivity index (χ2v) is 6.92. The van der Waals surface area contributed by atoms with E-state index in [0.717, 1.165) is 38.9 Å². The highest BCUT2D eigenvalue weighted by Gasteiger charge is 2.15. The minimum absolute atomic E-state index is 0.547. The molecule has 4 nitrogen and oxygen atoms in total. The fraction of sp³-hybridized carbons (Fsp3) is 0.429. The summed E-state index contributed by atoms with van der Waals surface area (Å²) >= 11 is 5.20. The van der Waals surface area contributed by atoms with E-state index in [1.165, 1.54) is 19.3 Å². The summed E-state index contributed by atoms with van der Waals surface area (Å²) < 4.78 is 3.32. The van der Waals surface area contributed by atoms with Gasteiger partial charge in [-0.1, -0.05) is 22.4 Å². The van der Waals surface area contributed by atoms with E-state index in [9.17, 15) is 0 Å². The van der Waals surface area contributed by atoms with Gasteiger partial charge < -0.3 is 10.3 Å². The van der Waals surface area contributed by atoms with Crippen molar-refractivity contribution < 1.29 is 0 Å². The summed E-state index contributed by atoms with van der Waals surface area (Å²) in [6.45, 7) is 1.58. The summed E-state index contributed by atoms with van der Waals surface area (Å²) in [6, 6.07) is 6.27. The summed E-state index contributed by atoms with van der Waals surface area (Å²) in [5.74, 6) is 1.12. The van der Waals surface area contributed by atoms with Crippen LogP contribution in [-0.4, -0.2) is 14.8 Å². The molecule has 1 aliphatic rings. The standard InChI is InChI=1S/C14H17BrN4S/c15-11-6-10(9-16)7-12(8-11)20-14-18-17-13-4-2-1-3-5-19(13)14/h6-8H,1-5,9,16H2. The summed E-state index contributed by atoms with van der Waals surface area (Å²) in [6.07, 6.45) is 4.75. The average molecular weight is 353 g/mol. The third-order valence-electron chi connectivity index (χ3n) is 3.45. The third-order valence-corrected chi connectivity index (χ3v) is 4.87. The van der Waals surface area contributed by atoms with Gasteiger partial charge in [-0.25, -0.2) is 0 Å². The predicted octanol–water partition coefficient (Wildman–Crippen LogP) is 3.38. The number of aromatic nitrogens is 3. The van der Waals surface area contributed by atoms with Crippen molar-refractivity contribution in [2.75, 3.05) is 0 Å². The molecule has 106 valence electrons. The van der Waals surface area contributed by atoms with Crippen molar-refractivity contribution in [2.24, 2.45) is 5.73 Å². The maximum absolute atomic E-state index is 5.73. The van der Waals surface area contributed by atoms with Crippen molar-refractivity contribution in [3.05, 3.63) is 34.1 Å². The average Bonchev–Trinajstić information content (AvgIpc) is 2.67. The molecule has 0 saturated heterocycles. The Balaban J connectivity index is 1.88. The van der Waals surface area contributed by atoms with Crippen LogP contribution in [-0.2, 0) is 19.5 Å². The molecular formula is C14H17BrN4S. The number of rotatable bonds is 3. The van der Waals surface area contributed by atoms with Crippen LogP contribution in [0.1, 0.15) is 30.7 Å². The first kappa shape index (κ1) is 14.1. The summed E-state index contributed by atoms with van der Waals surface area (Å²) in [4.78, 5) is 1.15. The summed E-state index contributed by atoms with van der Waals surface area (Å²) in [5.41, 5.74) is 6.85. The zero-order valence-electron chi connectivity index (χ0n) is 11.2. The number of fused-ring (bicyclic) bond motifs is 1. The van der Waals surface area contributed by atoms with E-state index >= 15 is 0 Å². The van der Waals surface area contributed by atoms with Crippen molar-refractivity contribution in [3.8, 4) is 0 Å². The Kier molecular flexibility index (Phi) is 4.43. The molecule has 2 heterocycles. The molecule has 0 fully saturated rings. The van der Waals surface area contributed by atoms with E-state index in [-0.39, 0.29) is 0 Å². The normalized spacial score (nSPS) is 14.9. The topological polar surface area (TPSA) is 56.7 Å². The van der Waals surface area contributed by atoms with Crippen LogP contribution in [0.2, 0.25) is 0 Å². The Labute approximate surface area is 131 Å². The number of hydrogen-bond donors (Lipinski definition) is 1. The van der Waals surface area contributed by atoms with Gasteiger partial charge in [0.15, 0.2) is 5.16 Å². The maximum Gasteiger partial charge on any atom is 0.196 e. The fourth-order valence-corrected chi connectivity index (χ4v) is 4.12. The van der Waals surface area contributed by atoms with Crippen molar-refractivity contribution in [2.45, 2.75) is 48.8 Å². The molecule has 0 radical (unpaired) electrons. The van der Waals surface area contributed by atoms with Gasteiger partial charge in [-0.3, -0.25) is 0 Å². The van der Waals surface area contributed by atoms with Gasteiger partial charge in [0.05, 0.1) is 0 Å². The Hall–Kier alpha value is -0.850. The molecule has 0 aliphatic carbocycles. The largest absolute Gasteiger partial charge is 0.326 e. The zero-order valence-corrected chi connectivity index (χ0v) is 13.6. The fourth-order valence-electron chi connectivity index (χ4n) is 2.44. The van der Waals surface area contributed by atoms with Gasteiger partial charge in [0.1, 0.15) is 5.82 Å². The molecule has 1 aromatic carbocycles. The predicted molar refractivity (Wildman–Crippen MR) is 83.7 cm³/mol. The lowest BCUT2D eigenvalue weighted by molar-refractivity contribution is 0.591. The number of hydrogen-bond acceptors (Lipinski definition) is 4. The molecule has 0 spiro atoms. The third kappa shape index (κ3) is 3.07. The lowest BCUT2D eigenvalue weighted by Crippen LogP contribution is -2.02. The highest BCUT2D eigenvalue weighted by atomic mass is 79.9. The lowest BCUT2D eigenvalue weighted by Gasteiger charge is -2.08. The molecule has 2 N–H and O–H groups in total. The Bertz CT molecular complexity index is 611. The van der Waals surface area contributed by atoms with E-state index in [2.05, 4.69) is 42.8 Å². The molecule has 20 heavy (non-hydrogen) atoms. The molecule has 0 bridgehead atoms. The molecule has 1 aromatic heterocycles. The van der Waals surface area contributed by atoms with Gasteiger partial charge in [-0.2, -0.15) is 0 Å². The molecule has 3 rings (SSSR count). The van der Waals surface area contributed by atoms with Crippen LogP contribution in [0.4, 0.5) is 0 Å². The minimum atomic E-state index is 0.547. The van der Waals surface area contributed by atoms with Crippen LogP contribution in [0.15, 0.2) is 32.7 Å². The van der Waals surface area contributed by atoms with Crippen LogP contribution < -0.4 is 5.73 Å². The van der Waals surface area contributed by atoms with E-state index in [4.69, 9.17) is 5.73 Å². The SMILES string of the molecule is NCc1cc(Br)cc(Sc2nnc3n2CCCCC3)c1. The van der Waals surface area contributed by atoms with E-state index in [0.29, 0.717) is 6.54 Å². The second kappa shape index (κ2) is 6.28. The molecule has 0 unspecified atom stereocenters. The summed E-state index contributed by atoms with van der Waals surface area (Å²) in [5, 5.41) is 9.67. The molecule has 0 atom stereocenters. The number of nitrogens with zero attached hydrogens (tertiary/aromatic N) is 3. The molecule has 0 amide bonds. The summed E-state index contributed by atoms with van der Waals surface area (Å²) in [7, 11) is 0. The molecule has 2 aromatic rings. The van der Waals surface area contributed by atoms with Gasteiger partial charge in [-0.15, -0.1) is 10.2 Å². The van der Waals surface area contributed by atoms with Gasteiger partial charge in [0.2, 0.25) is 0 Å². The van der Waals surface area contributed by atoms with E-state index < -0.39 is 0 Å². The molecule has 6 heteroatoms. The first-order valence-electron chi connectivity index (χ1n) is 6.86. The maximum atomic E-state index is 5.73. The van der Waals surface area contributed by atoms with Crippen molar-refractivity contribution in [1.29, 1.82) is 0 Å². The lowest BCUT2D eigenvalue weighted by atomic mass is 10.2. The Morgan fingerprint density at radius 3 is 2.95 bits per heavy atom. The van der Waals surface area contributed by atoms with Crippen molar-refractivity contribution in [3.63, 3.8) is 0 Å². The van der Waals surface area contributed by atoms with E-state index in [1.54, 1.807) is 11.8 Å². The first-order valence-corrected chi connectivity index (χ1v) is 8.46. The number of halogens is 1. The number of benzene rings is 1. The van der Waals surface area contributed by atoms with Gasteiger partial charge in [-0.05, 0) is 48.4 Å².